The van der Waals surface area contributed by atoms with E-state index in [4.69, 9.17) is 11.6 Å². The number of amides is 1. The van der Waals surface area contributed by atoms with Crippen LogP contribution in [0.3, 0.4) is 0 Å². The molecule has 0 aliphatic rings. The number of carbonyl (C=O) groups is 1. The Morgan fingerprint density at radius 1 is 1.48 bits per heavy atom. The molecule has 3 aromatic rings. The van der Waals surface area contributed by atoms with Crippen molar-refractivity contribution in [2.75, 3.05) is 6.54 Å². The SMILES string of the molecule is O=C(NCCc1csc2nncn12)c1c(F)cccc1Cl. The van der Waals surface area contributed by atoms with Gasteiger partial charge in [-0.05, 0) is 12.1 Å². The highest BCUT2D eigenvalue weighted by atomic mass is 35.5. The molecule has 0 atom stereocenters. The highest BCUT2D eigenvalue weighted by Crippen LogP contribution is 2.18. The van der Waals surface area contributed by atoms with Crippen LogP contribution in [0.5, 0.6) is 0 Å². The van der Waals surface area contributed by atoms with Crippen molar-refractivity contribution in [2.45, 2.75) is 6.42 Å². The monoisotopic (exact) mass is 324 g/mol. The van der Waals surface area contributed by atoms with Gasteiger partial charge in [-0.2, -0.15) is 0 Å². The fraction of sp³-hybridized carbons (Fsp3) is 0.154. The average molecular weight is 325 g/mol. The fourth-order valence-electron chi connectivity index (χ4n) is 1.97. The molecule has 1 amide bonds. The first-order valence-corrected chi connectivity index (χ1v) is 7.41. The predicted molar refractivity (Wildman–Crippen MR) is 78.3 cm³/mol. The number of aromatic nitrogens is 3. The topological polar surface area (TPSA) is 59.3 Å². The fourth-order valence-corrected chi connectivity index (χ4v) is 3.06. The highest BCUT2D eigenvalue weighted by Gasteiger charge is 2.15. The zero-order chi connectivity index (χ0) is 14.8. The van der Waals surface area contributed by atoms with E-state index in [0.717, 1.165) is 10.7 Å². The molecule has 8 heteroatoms. The van der Waals surface area contributed by atoms with Gasteiger partial charge in [-0.3, -0.25) is 9.20 Å². The Morgan fingerprint density at radius 2 is 2.33 bits per heavy atom. The van der Waals surface area contributed by atoms with Crippen molar-refractivity contribution in [3.8, 4) is 0 Å². The quantitative estimate of drug-likeness (QED) is 0.802. The zero-order valence-corrected chi connectivity index (χ0v) is 12.3. The minimum atomic E-state index is -0.628. The van der Waals surface area contributed by atoms with E-state index >= 15 is 0 Å². The van der Waals surface area contributed by atoms with Gasteiger partial charge < -0.3 is 5.32 Å². The summed E-state index contributed by atoms with van der Waals surface area (Å²) in [5, 5.41) is 12.5. The van der Waals surface area contributed by atoms with Gasteiger partial charge in [0.25, 0.3) is 5.91 Å². The minimum Gasteiger partial charge on any atom is -0.352 e. The lowest BCUT2D eigenvalue weighted by atomic mass is 10.2. The molecule has 5 nitrogen and oxygen atoms in total. The summed E-state index contributed by atoms with van der Waals surface area (Å²) >= 11 is 7.32. The van der Waals surface area contributed by atoms with Crippen LogP contribution in [-0.2, 0) is 6.42 Å². The normalized spacial score (nSPS) is 11.0. The molecule has 2 aromatic heterocycles. The molecular weight excluding hydrogens is 315 g/mol. The maximum absolute atomic E-state index is 13.6. The molecule has 0 fully saturated rings. The number of fused-ring (bicyclic) bond motifs is 1. The van der Waals surface area contributed by atoms with Crippen molar-refractivity contribution in [1.82, 2.24) is 19.9 Å². The lowest BCUT2D eigenvalue weighted by Crippen LogP contribution is -2.27. The smallest absolute Gasteiger partial charge is 0.255 e. The molecule has 108 valence electrons. The number of thiazole rings is 1. The average Bonchev–Trinajstić information content (AvgIpc) is 3.03. The Morgan fingerprint density at radius 3 is 3.14 bits per heavy atom. The summed E-state index contributed by atoms with van der Waals surface area (Å²) in [6, 6.07) is 4.15. The van der Waals surface area contributed by atoms with Crippen molar-refractivity contribution in [3.63, 3.8) is 0 Å². The van der Waals surface area contributed by atoms with E-state index in [9.17, 15) is 9.18 Å². The van der Waals surface area contributed by atoms with Gasteiger partial charge in [-0.15, -0.1) is 21.5 Å². The van der Waals surface area contributed by atoms with Crippen molar-refractivity contribution in [1.29, 1.82) is 0 Å². The Hall–Kier alpha value is -1.99. The number of nitrogens with one attached hydrogen (secondary N) is 1. The molecule has 1 aromatic carbocycles. The number of hydrogen-bond acceptors (Lipinski definition) is 4. The maximum Gasteiger partial charge on any atom is 0.255 e. The summed E-state index contributed by atoms with van der Waals surface area (Å²) in [5.41, 5.74) is 0.860. The molecule has 21 heavy (non-hydrogen) atoms. The van der Waals surface area contributed by atoms with Gasteiger partial charge in [0.2, 0.25) is 4.96 Å². The summed E-state index contributed by atoms with van der Waals surface area (Å²) < 4.78 is 15.5. The van der Waals surface area contributed by atoms with E-state index in [0.29, 0.717) is 13.0 Å². The van der Waals surface area contributed by atoms with E-state index in [1.165, 1.54) is 29.5 Å². The highest BCUT2D eigenvalue weighted by molar-refractivity contribution is 7.15. The predicted octanol–water partition coefficient (Wildman–Crippen LogP) is 2.56. The van der Waals surface area contributed by atoms with Crippen LogP contribution in [0.15, 0.2) is 29.9 Å². The van der Waals surface area contributed by atoms with Gasteiger partial charge in [-0.1, -0.05) is 17.7 Å². The van der Waals surface area contributed by atoms with Crippen LogP contribution in [0.25, 0.3) is 4.96 Å². The molecule has 3 rings (SSSR count). The summed E-state index contributed by atoms with van der Waals surface area (Å²) in [4.78, 5) is 12.8. The lowest BCUT2D eigenvalue weighted by Gasteiger charge is -2.07. The molecule has 1 N–H and O–H groups in total. The van der Waals surface area contributed by atoms with E-state index < -0.39 is 11.7 Å². The van der Waals surface area contributed by atoms with E-state index in [1.807, 2.05) is 9.78 Å². The van der Waals surface area contributed by atoms with E-state index in [1.54, 1.807) is 6.33 Å². The van der Waals surface area contributed by atoms with Crippen molar-refractivity contribution in [3.05, 3.63) is 52.0 Å². The molecule has 0 spiro atoms. The Bertz CT molecular complexity index is 780. The Balaban J connectivity index is 1.65. The van der Waals surface area contributed by atoms with Gasteiger partial charge in [0.05, 0.1) is 10.6 Å². The molecule has 0 unspecified atom stereocenters. The first-order chi connectivity index (χ1) is 10.2. The molecule has 0 radical (unpaired) electrons. The standard InChI is InChI=1S/C13H10ClFN4OS/c14-9-2-1-3-10(15)11(9)12(20)16-5-4-8-6-21-13-18-17-7-19(8)13/h1-3,6-7H,4-5H2,(H,16,20). The molecule has 0 aliphatic heterocycles. The maximum atomic E-state index is 13.6. The Labute approximate surface area is 128 Å². The second kappa shape index (κ2) is 5.79. The number of halogens is 2. The van der Waals surface area contributed by atoms with Crippen LogP contribution in [0.1, 0.15) is 16.1 Å². The van der Waals surface area contributed by atoms with E-state index in [2.05, 4.69) is 15.5 Å². The van der Waals surface area contributed by atoms with Gasteiger partial charge >= 0.3 is 0 Å². The molecular formula is C13H10ClFN4OS. The Kier molecular flexibility index (Phi) is 3.85. The number of rotatable bonds is 4. The van der Waals surface area contributed by atoms with E-state index in [-0.39, 0.29) is 10.6 Å². The molecule has 0 saturated heterocycles. The summed E-state index contributed by atoms with van der Waals surface area (Å²) in [6.45, 7) is 0.369. The van der Waals surface area contributed by atoms with Crippen LogP contribution in [0.4, 0.5) is 4.39 Å². The van der Waals surface area contributed by atoms with Crippen LogP contribution < -0.4 is 5.32 Å². The largest absolute Gasteiger partial charge is 0.352 e. The van der Waals surface area contributed by atoms with Gasteiger partial charge in [0.1, 0.15) is 12.1 Å². The van der Waals surface area contributed by atoms with Crippen molar-refractivity contribution < 1.29 is 9.18 Å². The molecule has 0 bridgehead atoms. The summed E-state index contributed by atoms with van der Waals surface area (Å²) in [6.07, 6.45) is 2.21. The van der Waals surface area contributed by atoms with Gasteiger partial charge in [-0.25, -0.2) is 4.39 Å². The second-order valence-corrected chi connectivity index (χ2v) is 5.56. The zero-order valence-electron chi connectivity index (χ0n) is 10.7. The first kappa shape index (κ1) is 14.0. The number of benzene rings is 1. The van der Waals surface area contributed by atoms with Crippen LogP contribution in [0, 0.1) is 5.82 Å². The third-order valence-corrected chi connectivity index (χ3v) is 4.18. The minimum absolute atomic E-state index is 0.101. The molecule has 0 saturated carbocycles. The number of nitrogens with zero attached hydrogens (tertiary/aromatic N) is 3. The third kappa shape index (κ3) is 2.74. The second-order valence-electron chi connectivity index (χ2n) is 4.31. The lowest BCUT2D eigenvalue weighted by molar-refractivity contribution is 0.0950. The van der Waals surface area contributed by atoms with Gasteiger partial charge in [0.15, 0.2) is 0 Å². The first-order valence-electron chi connectivity index (χ1n) is 6.15. The van der Waals surface area contributed by atoms with Crippen LogP contribution in [-0.4, -0.2) is 27.0 Å². The summed E-state index contributed by atoms with van der Waals surface area (Å²) in [7, 11) is 0. The van der Waals surface area contributed by atoms with Crippen LogP contribution in [0.2, 0.25) is 5.02 Å². The van der Waals surface area contributed by atoms with Crippen molar-refractivity contribution >= 4 is 33.8 Å². The third-order valence-electron chi connectivity index (χ3n) is 2.98. The number of carbonyl (C=O) groups excluding carboxylic acids is 1. The van der Waals surface area contributed by atoms with Crippen LogP contribution >= 0.6 is 22.9 Å². The molecule has 2 heterocycles. The van der Waals surface area contributed by atoms with Gasteiger partial charge in [0, 0.05) is 24.0 Å². The number of hydrogen-bond donors (Lipinski definition) is 1. The summed E-state index contributed by atoms with van der Waals surface area (Å²) in [5.74, 6) is -1.15. The molecule has 0 aliphatic carbocycles. The van der Waals surface area contributed by atoms with Crippen molar-refractivity contribution in [2.24, 2.45) is 0 Å².